The molecule has 2 aromatic rings. The van der Waals surface area contributed by atoms with Crippen LogP contribution in [0, 0.1) is 0 Å². The first-order valence-electron chi connectivity index (χ1n) is 10.8. The number of fused-ring (bicyclic) bond motifs is 1. The molecule has 0 bridgehead atoms. The largest absolute Gasteiger partial charge is 0.308 e. The van der Waals surface area contributed by atoms with E-state index in [0.29, 0.717) is 41.1 Å². The van der Waals surface area contributed by atoms with Crippen LogP contribution in [0.4, 0.5) is 5.69 Å². The maximum absolute atomic E-state index is 13.2. The van der Waals surface area contributed by atoms with E-state index in [1.807, 2.05) is 35.7 Å². The number of nitrogens with zero attached hydrogens (tertiary/aromatic N) is 2. The van der Waals surface area contributed by atoms with E-state index in [1.165, 1.54) is 17.1 Å². The zero-order valence-corrected chi connectivity index (χ0v) is 19.8. The van der Waals surface area contributed by atoms with Crippen molar-refractivity contribution in [3.63, 3.8) is 0 Å². The lowest BCUT2D eigenvalue weighted by molar-refractivity contribution is 0.0989. The van der Waals surface area contributed by atoms with Crippen LogP contribution in [0.25, 0.3) is 0 Å². The molecule has 3 aliphatic heterocycles. The molecule has 3 heterocycles. The molecule has 5 rings (SSSR count). The molecule has 2 aromatic carbocycles. The summed E-state index contributed by atoms with van der Waals surface area (Å²) in [7, 11) is -3.46. The van der Waals surface area contributed by atoms with E-state index in [0.717, 1.165) is 30.5 Å². The number of thioether (sulfide) groups is 2. The third-order valence-corrected chi connectivity index (χ3v) is 11.2. The number of carbonyl (C=O) groups is 1. The number of anilines is 1. The van der Waals surface area contributed by atoms with Gasteiger partial charge in [0.2, 0.25) is 10.0 Å². The maximum Gasteiger partial charge on any atom is 0.258 e. The number of rotatable bonds is 4. The van der Waals surface area contributed by atoms with Crippen LogP contribution in [0.3, 0.4) is 0 Å². The maximum atomic E-state index is 13.2. The monoisotopic (exact) mass is 474 g/mol. The van der Waals surface area contributed by atoms with Crippen LogP contribution >= 0.6 is 23.5 Å². The number of hydrogen-bond donors (Lipinski definition) is 0. The lowest BCUT2D eigenvalue weighted by Gasteiger charge is -2.26. The average molecular weight is 475 g/mol. The molecule has 2 saturated heterocycles. The molecule has 0 radical (unpaired) electrons. The van der Waals surface area contributed by atoms with Crippen molar-refractivity contribution in [2.75, 3.05) is 36.0 Å². The minimum Gasteiger partial charge on any atom is -0.308 e. The highest BCUT2D eigenvalue weighted by Crippen LogP contribution is 2.45. The lowest BCUT2D eigenvalue weighted by Crippen LogP contribution is -2.35. The first kappa shape index (κ1) is 21.4. The average Bonchev–Trinajstić information content (AvgIpc) is 3.49. The molecular weight excluding hydrogens is 448 g/mol. The minimum atomic E-state index is -3.46. The second kappa shape index (κ2) is 8.81. The Kier molecular flexibility index (Phi) is 6.07. The number of hydrogen-bond acceptors (Lipinski definition) is 5. The summed E-state index contributed by atoms with van der Waals surface area (Å²) in [5.74, 6) is 2.33. The van der Waals surface area contributed by atoms with Gasteiger partial charge in [-0.25, -0.2) is 8.42 Å². The predicted octanol–water partition coefficient (Wildman–Crippen LogP) is 4.54. The second-order valence-electron chi connectivity index (χ2n) is 8.16. The Morgan fingerprint density at radius 3 is 2.32 bits per heavy atom. The fourth-order valence-electron chi connectivity index (χ4n) is 4.49. The fourth-order valence-corrected chi connectivity index (χ4v) is 8.92. The summed E-state index contributed by atoms with van der Waals surface area (Å²) in [6, 6.07) is 13.2. The molecule has 5 nitrogen and oxygen atoms in total. The van der Waals surface area contributed by atoms with Crippen LogP contribution in [0.2, 0.25) is 0 Å². The highest BCUT2D eigenvalue weighted by Gasteiger charge is 2.30. The van der Waals surface area contributed by atoms with Crippen LogP contribution < -0.4 is 4.90 Å². The molecule has 0 atom stereocenters. The Morgan fingerprint density at radius 2 is 1.61 bits per heavy atom. The van der Waals surface area contributed by atoms with Gasteiger partial charge in [0.15, 0.2) is 0 Å². The Bertz CT molecular complexity index is 1070. The second-order valence-corrected chi connectivity index (χ2v) is 12.8. The Hall–Kier alpha value is -1.48. The molecule has 0 spiro atoms. The standard InChI is InChI=1S/C23H26N2O3S3/c26-22(17-4-6-18(7-5-17)23-29-14-15-30-23)25-13-10-19-16-20(8-9-21(19)25)31(27,28)24-11-2-1-3-12-24/h4-9,16,23H,1-3,10-15H2. The number of amides is 1. The molecule has 0 aliphatic carbocycles. The summed E-state index contributed by atoms with van der Waals surface area (Å²) in [6.45, 7) is 1.77. The highest BCUT2D eigenvalue weighted by atomic mass is 32.2. The predicted molar refractivity (Wildman–Crippen MR) is 129 cm³/mol. The van der Waals surface area contributed by atoms with Gasteiger partial charge in [0, 0.05) is 42.4 Å². The molecule has 3 aliphatic rings. The highest BCUT2D eigenvalue weighted by molar-refractivity contribution is 8.19. The smallest absolute Gasteiger partial charge is 0.258 e. The molecule has 0 unspecified atom stereocenters. The first-order valence-corrected chi connectivity index (χ1v) is 14.4. The normalized spacial score (nSPS) is 20.2. The third kappa shape index (κ3) is 4.15. The van der Waals surface area contributed by atoms with Crippen LogP contribution in [-0.2, 0) is 16.4 Å². The molecule has 164 valence electrons. The van der Waals surface area contributed by atoms with Gasteiger partial charge in [0.1, 0.15) is 0 Å². The van der Waals surface area contributed by atoms with Gasteiger partial charge >= 0.3 is 0 Å². The first-order chi connectivity index (χ1) is 15.0. The molecular formula is C23H26N2O3S3. The van der Waals surface area contributed by atoms with Gasteiger partial charge in [-0.3, -0.25) is 4.79 Å². The van der Waals surface area contributed by atoms with Crippen LogP contribution in [0.1, 0.15) is 45.3 Å². The van der Waals surface area contributed by atoms with Crippen molar-refractivity contribution >= 4 is 45.1 Å². The van der Waals surface area contributed by atoms with E-state index in [2.05, 4.69) is 12.1 Å². The number of piperidine rings is 1. The van der Waals surface area contributed by atoms with Crippen LogP contribution in [0.5, 0.6) is 0 Å². The number of sulfonamides is 1. The van der Waals surface area contributed by atoms with Gasteiger partial charge in [0.25, 0.3) is 5.91 Å². The van der Waals surface area contributed by atoms with Crippen molar-refractivity contribution < 1.29 is 13.2 Å². The van der Waals surface area contributed by atoms with E-state index in [-0.39, 0.29) is 5.91 Å². The zero-order valence-electron chi connectivity index (χ0n) is 17.3. The zero-order chi connectivity index (χ0) is 21.4. The summed E-state index contributed by atoms with van der Waals surface area (Å²) >= 11 is 3.91. The summed E-state index contributed by atoms with van der Waals surface area (Å²) in [5.41, 5.74) is 3.70. The van der Waals surface area contributed by atoms with Crippen molar-refractivity contribution in [3.8, 4) is 0 Å². The number of carbonyl (C=O) groups excluding carboxylic acids is 1. The van der Waals surface area contributed by atoms with Gasteiger partial charge in [0.05, 0.1) is 9.48 Å². The van der Waals surface area contributed by atoms with Crippen molar-refractivity contribution in [1.82, 2.24) is 4.31 Å². The van der Waals surface area contributed by atoms with Crippen LogP contribution in [-0.4, -0.2) is 49.8 Å². The van der Waals surface area contributed by atoms with Gasteiger partial charge < -0.3 is 4.90 Å². The summed E-state index contributed by atoms with van der Waals surface area (Å²) < 4.78 is 28.1. The van der Waals surface area contributed by atoms with Crippen LogP contribution in [0.15, 0.2) is 47.4 Å². The van der Waals surface area contributed by atoms with E-state index >= 15 is 0 Å². The summed E-state index contributed by atoms with van der Waals surface area (Å²) in [4.78, 5) is 15.3. The van der Waals surface area contributed by atoms with E-state index in [9.17, 15) is 13.2 Å². The Labute approximate surface area is 192 Å². The topological polar surface area (TPSA) is 57.7 Å². The number of benzene rings is 2. The molecule has 0 saturated carbocycles. The van der Waals surface area contributed by atoms with Crippen molar-refractivity contribution in [2.24, 2.45) is 0 Å². The van der Waals surface area contributed by atoms with Crippen molar-refractivity contribution in [1.29, 1.82) is 0 Å². The summed E-state index contributed by atoms with van der Waals surface area (Å²) in [6.07, 6.45) is 3.61. The molecule has 31 heavy (non-hydrogen) atoms. The molecule has 8 heteroatoms. The molecule has 2 fully saturated rings. The molecule has 0 aromatic heterocycles. The van der Waals surface area contributed by atoms with E-state index in [1.54, 1.807) is 27.4 Å². The fraction of sp³-hybridized carbons (Fsp3) is 0.435. The lowest BCUT2D eigenvalue weighted by atomic mass is 10.1. The van der Waals surface area contributed by atoms with Crippen molar-refractivity contribution in [3.05, 3.63) is 59.2 Å². The SMILES string of the molecule is O=C(c1ccc(C2SCCS2)cc1)N1CCc2cc(S(=O)(=O)N3CCCCC3)ccc21. The Morgan fingerprint density at radius 1 is 0.903 bits per heavy atom. The van der Waals surface area contributed by atoms with E-state index < -0.39 is 10.0 Å². The van der Waals surface area contributed by atoms with Gasteiger partial charge in [-0.1, -0.05) is 18.6 Å². The third-order valence-electron chi connectivity index (χ3n) is 6.20. The van der Waals surface area contributed by atoms with Gasteiger partial charge in [-0.15, -0.1) is 23.5 Å². The Balaban J connectivity index is 1.35. The summed E-state index contributed by atoms with van der Waals surface area (Å²) in [5, 5.41) is 0. The van der Waals surface area contributed by atoms with Gasteiger partial charge in [-0.2, -0.15) is 4.31 Å². The molecule has 0 N–H and O–H groups in total. The van der Waals surface area contributed by atoms with Crippen molar-refractivity contribution in [2.45, 2.75) is 35.2 Å². The van der Waals surface area contributed by atoms with Gasteiger partial charge in [-0.05, 0) is 60.7 Å². The van der Waals surface area contributed by atoms with E-state index in [4.69, 9.17) is 0 Å². The molecule has 1 amide bonds. The quantitative estimate of drug-likeness (QED) is 0.651. The minimum absolute atomic E-state index is 0.0244.